The fourth-order valence-electron chi connectivity index (χ4n) is 4.17. The molecule has 1 saturated carbocycles. The van der Waals surface area contributed by atoms with Crippen LogP contribution in [-0.4, -0.2) is 48.6 Å². The fraction of sp³-hybridized carbons (Fsp3) is 0.360. The van der Waals surface area contributed by atoms with Gasteiger partial charge in [-0.15, -0.1) is 0 Å². The summed E-state index contributed by atoms with van der Waals surface area (Å²) in [6, 6.07) is 20.1. The predicted octanol–water partition coefficient (Wildman–Crippen LogP) is 3.92. The lowest BCUT2D eigenvalue weighted by molar-refractivity contribution is 0.0332. The third-order valence-corrected chi connectivity index (χ3v) is 6.03. The predicted molar refractivity (Wildman–Crippen MR) is 118 cm³/mol. The number of nitrogens with one attached hydrogen (secondary N) is 1. The first kappa shape index (κ1) is 19.2. The summed E-state index contributed by atoms with van der Waals surface area (Å²) in [5.41, 5.74) is 3.79. The number of morpholine rings is 1. The molecule has 1 N–H and O–H groups in total. The highest BCUT2D eigenvalue weighted by molar-refractivity contribution is 6.06. The average molecular weight is 402 g/mol. The summed E-state index contributed by atoms with van der Waals surface area (Å²) in [5.74, 6) is 0.469. The van der Waals surface area contributed by atoms with E-state index >= 15 is 0 Å². The van der Waals surface area contributed by atoms with Gasteiger partial charge in [0.1, 0.15) is 0 Å². The van der Waals surface area contributed by atoms with Gasteiger partial charge in [0.2, 0.25) is 0 Å². The van der Waals surface area contributed by atoms with Crippen molar-refractivity contribution in [3.8, 4) is 0 Å². The fourth-order valence-corrected chi connectivity index (χ4v) is 4.17. The zero-order chi connectivity index (χ0) is 20.3. The van der Waals surface area contributed by atoms with E-state index in [0.717, 1.165) is 73.4 Å². The number of rotatable bonds is 6. The Morgan fingerprint density at radius 3 is 2.57 bits per heavy atom. The van der Waals surface area contributed by atoms with E-state index in [0.29, 0.717) is 5.92 Å². The Morgan fingerprint density at radius 1 is 1.07 bits per heavy atom. The molecule has 5 heteroatoms. The Balaban J connectivity index is 1.45. The Hall–Kier alpha value is -2.76. The monoisotopic (exact) mass is 401 g/mol. The van der Waals surface area contributed by atoms with Gasteiger partial charge in [0.05, 0.1) is 30.3 Å². The zero-order valence-corrected chi connectivity index (χ0v) is 17.1. The molecule has 0 bridgehead atoms. The van der Waals surface area contributed by atoms with E-state index in [9.17, 15) is 4.79 Å². The molecule has 154 valence electrons. The van der Waals surface area contributed by atoms with Crippen LogP contribution in [0.3, 0.4) is 0 Å². The van der Waals surface area contributed by atoms with Crippen LogP contribution in [0.5, 0.6) is 0 Å². The van der Waals surface area contributed by atoms with Crippen LogP contribution in [0.1, 0.15) is 46.4 Å². The molecule has 0 spiro atoms. The van der Waals surface area contributed by atoms with Crippen molar-refractivity contribution in [3.63, 3.8) is 0 Å². The second-order valence-electron chi connectivity index (χ2n) is 8.24. The second kappa shape index (κ2) is 8.54. The molecular weight excluding hydrogens is 374 g/mol. The van der Waals surface area contributed by atoms with Crippen molar-refractivity contribution in [2.45, 2.75) is 24.8 Å². The van der Waals surface area contributed by atoms with Crippen LogP contribution in [0.15, 0.2) is 60.7 Å². The Kier molecular flexibility index (Phi) is 5.47. The number of fused-ring (bicyclic) bond motifs is 1. The maximum Gasteiger partial charge on any atom is 0.252 e. The molecule has 3 aromatic rings. The van der Waals surface area contributed by atoms with Gasteiger partial charge >= 0.3 is 0 Å². The second-order valence-corrected chi connectivity index (χ2v) is 8.24. The summed E-state index contributed by atoms with van der Waals surface area (Å²) < 4.78 is 5.49. The molecule has 5 nitrogen and oxygen atoms in total. The molecule has 1 aromatic heterocycles. The highest BCUT2D eigenvalue weighted by atomic mass is 16.5. The molecule has 0 radical (unpaired) electrons. The van der Waals surface area contributed by atoms with E-state index < -0.39 is 0 Å². The summed E-state index contributed by atoms with van der Waals surface area (Å²) in [6.45, 7) is 4.05. The number of aromatic nitrogens is 1. The quantitative estimate of drug-likeness (QED) is 0.680. The SMILES string of the molecule is O=C(NC(CN1CCOCC1)c1ccccc1)c1cc(C2CC2)nc2ccccc12. The van der Waals surface area contributed by atoms with Crippen molar-refractivity contribution in [1.29, 1.82) is 0 Å². The lowest BCUT2D eigenvalue weighted by Gasteiger charge is -2.31. The van der Waals surface area contributed by atoms with Gasteiger partial charge in [0.25, 0.3) is 5.91 Å². The van der Waals surface area contributed by atoms with Crippen molar-refractivity contribution >= 4 is 16.8 Å². The van der Waals surface area contributed by atoms with Gasteiger partial charge in [-0.1, -0.05) is 48.5 Å². The van der Waals surface area contributed by atoms with Crippen LogP contribution in [-0.2, 0) is 4.74 Å². The van der Waals surface area contributed by atoms with Crippen LogP contribution in [0.4, 0.5) is 0 Å². The van der Waals surface area contributed by atoms with E-state index in [1.54, 1.807) is 0 Å². The summed E-state index contributed by atoms with van der Waals surface area (Å²) in [6.07, 6.45) is 2.33. The maximum absolute atomic E-state index is 13.5. The van der Waals surface area contributed by atoms with Crippen LogP contribution in [0.2, 0.25) is 0 Å². The van der Waals surface area contributed by atoms with E-state index in [1.807, 2.05) is 48.5 Å². The third-order valence-electron chi connectivity index (χ3n) is 6.03. The highest BCUT2D eigenvalue weighted by Gasteiger charge is 2.28. The van der Waals surface area contributed by atoms with Crippen LogP contribution in [0.25, 0.3) is 10.9 Å². The standard InChI is InChI=1S/C25H27N3O2/c29-25(21-16-23(19-10-11-19)26-22-9-5-4-8-20(21)22)27-24(18-6-2-1-3-7-18)17-28-12-14-30-15-13-28/h1-9,16,19,24H,10-15,17H2,(H,27,29). The summed E-state index contributed by atoms with van der Waals surface area (Å²) in [4.78, 5) is 20.7. The smallest absolute Gasteiger partial charge is 0.252 e. The van der Waals surface area contributed by atoms with E-state index in [4.69, 9.17) is 9.72 Å². The number of nitrogens with zero attached hydrogens (tertiary/aromatic N) is 2. The minimum absolute atomic E-state index is 0.0300. The van der Waals surface area contributed by atoms with Gasteiger partial charge < -0.3 is 10.1 Å². The van der Waals surface area contributed by atoms with Crippen molar-refractivity contribution in [2.75, 3.05) is 32.8 Å². The molecule has 1 atom stereocenters. The van der Waals surface area contributed by atoms with Gasteiger partial charge in [-0.05, 0) is 30.5 Å². The number of ether oxygens (including phenoxy) is 1. The van der Waals surface area contributed by atoms with Crippen LogP contribution in [0, 0.1) is 0 Å². The lowest BCUT2D eigenvalue weighted by atomic mass is 10.0. The highest BCUT2D eigenvalue weighted by Crippen LogP contribution is 2.40. The van der Waals surface area contributed by atoms with E-state index in [1.165, 1.54) is 0 Å². The van der Waals surface area contributed by atoms with E-state index in [2.05, 4.69) is 22.3 Å². The molecular formula is C25H27N3O2. The summed E-state index contributed by atoms with van der Waals surface area (Å²) >= 11 is 0. The minimum atomic E-state index is -0.0758. The number of carbonyl (C=O) groups excluding carboxylic acids is 1. The molecule has 2 fully saturated rings. The van der Waals surface area contributed by atoms with Crippen molar-refractivity contribution < 1.29 is 9.53 Å². The first-order chi connectivity index (χ1) is 14.8. The number of pyridine rings is 1. The van der Waals surface area contributed by atoms with Crippen LogP contribution < -0.4 is 5.32 Å². The molecule has 30 heavy (non-hydrogen) atoms. The van der Waals surface area contributed by atoms with Gasteiger partial charge in [0, 0.05) is 36.6 Å². The summed E-state index contributed by atoms with van der Waals surface area (Å²) in [7, 11) is 0. The number of benzene rings is 2. The molecule has 2 heterocycles. The van der Waals surface area contributed by atoms with Gasteiger partial charge in [-0.25, -0.2) is 0 Å². The average Bonchev–Trinajstić information content (AvgIpc) is 3.65. The van der Waals surface area contributed by atoms with Crippen molar-refractivity contribution in [2.24, 2.45) is 0 Å². The lowest BCUT2D eigenvalue weighted by Crippen LogP contribution is -2.43. The minimum Gasteiger partial charge on any atom is -0.379 e. The molecule has 1 aliphatic heterocycles. The summed E-state index contributed by atoms with van der Waals surface area (Å²) in [5, 5.41) is 4.24. The van der Waals surface area contributed by atoms with Gasteiger partial charge in [-0.3, -0.25) is 14.7 Å². The third kappa shape index (κ3) is 4.23. The van der Waals surface area contributed by atoms with Gasteiger partial charge in [0.15, 0.2) is 0 Å². The van der Waals surface area contributed by atoms with Crippen molar-refractivity contribution in [3.05, 3.63) is 77.5 Å². The number of amides is 1. The number of hydrogen-bond acceptors (Lipinski definition) is 4. The molecule has 2 aromatic carbocycles. The largest absolute Gasteiger partial charge is 0.379 e. The normalized spacial score (nSPS) is 18.3. The first-order valence-electron chi connectivity index (χ1n) is 10.8. The zero-order valence-electron chi connectivity index (χ0n) is 17.1. The molecule has 1 unspecified atom stereocenters. The maximum atomic E-state index is 13.5. The molecule has 1 saturated heterocycles. The topological polar surface area (TPSA) is 54.5 Å². The molecule has 5 rings (SSSR count). The Labute approximate surface area is 177 Å². The van der Waals surface area contributed by atoms with Crippen LogP contribution >= 0.6 is 0 Å². The molecule has 1 aliphatic carbocycles. The van der Waals surface area contributed by atoms with Gasteiger partial charge in [-0.2, -0.15) is 0 Å². The number of carbonyl (C=O) groups is 1. The van der Waals surface area contributed by atoms with E-state index in [-0.39, 0.29) is 11.9 Å². The number of para-hydroxylation sites is 1. The first-order valence-corrected chi connectivity index (χ1v) is 10.8. The Morgan fingerprint density at radius 2 is 1.80 bits per heavy atom. The van der Waals surface area contributed by atoms with Crippen molar-refractivity contribution in [1.82, 2.24) is 15.2 Å². The number of hydrogen-bond donors (Lipinski definition) is 1. The Bertz CT molecular complexity index is 1030. The molecule has 1 amide bonds. The molecule has 2 aliphatic rings.